The van der Waals surface area contributed by atoms with Crippen LogP contribution >= 0.6 is 0 Å². The van der Waals surface area contributed by atoms with E-state index in [1.54, 1.807) is 6.92 Å². The van der Waals surface area contributed by atoms with E-state index in [0.717, 1.165) is 5.69 Å². The number of nitrogens with zero attached hydrogens (tertiary/aromatic N) is 1. The summed E-state index contributed by atoms with van der Waals surface area (Å²) >= 11 is 0. The van der Waals surface area contributed by atoms with E-state index in [-0.39, 0.29) is 19.4 Å². The molecule has 112 valence electrons. The Hall–Kier alpha value is -1.43. The van der Waals surface area contributed by atoms with E-state index in [4.69, 9.17) is 10.5 Å². The maximum absolute atomic E-state index is 13.4. The molecule has 0 radical (unpaired) electrons. The molecule has 20 heavy (non-hydrogen) atoms. The Kier molecular flexibility index (Phi) is 3.40. The van der Waals surface area contributed by atoms with E-state index < -0.39 is 17.3 Å². The molecule has 0 bridgehead atoms. The Morgan fingerprint density at radius 1 is 1.35 bits per heavy atom. The van der Waals surface area contributed by atoms with E-state index in [1.807, 2.05) is 18.5 Å². The number of rotatable bonds is 3. The second kappa shape index (κ2) is 4.55. The second-order valence-corrected chi connectivity index (χ2v) is 5.67. The molecule has 6 heteroatoms. The van der Waals surface area contributed by atoms with E-state index in [9.17, 15) is 13.6 Å². The summed E-state index contributed by atoms with van der Waals surface area (Å²) in [5.74, 6) is -3.20. The van der Waals surface area contributed by atoms with Crippen LogP contribution in [0.25, 0.3) is 0 Å². The minimum absolute atomic E-state index is 0.0941. The maximum Gasteiger partial charge on any atom is 0.339 e. The summed E-state index contributed by atoms with van der Waals surface area (Å²) in [4.78, 5) is 12.0. The monoisotopic (exact) mass is 286 g/mol. The van der Waals surface area contributed by atoms with Gasteiger partial charge in [-0.05, 0) is 19.4 Å². The number of alkyl halides is 2. The first-order valence-electron chi connectivity index (χ1n) is 6.51. The third kappa shape index (κ3) is 1.93. The summed E-state index contributed by atoms with van der Waals surface area (Å²) in [6, 6.07) is 0. The molecule has 1 aliphatic carbocycles. The summed E-state index contributed by atoms with van der Waals surface area (Å²) in [6.07, 6.45) is -0.629. The van der Waals surface area contributed by atoms with Crippen molar-refractivity contribution in [3.8, 4) is 0 Å². The lowest BCUT2D eigenvalue weighted by Crippen LogP contribution is -2.54. The Labute approximate surface area is 116 Å². The van der Waals surface area contributed by atoms with Gasteiger partial charge in [0.1, 0.15) is 0 Å². The first-order valence-corrected chi connectivity index (χ1v) is 6.51. The largest absolute Gasteiger partial charge is 0.465 e. The van der Waals surface area contributed by atoms with Crippen LogP contribution in [0.1, 0.15) is 40.2 Å². The highest BCUT2D eigenvalue weighted by Gasteiger charge is 2.58. The molecule has 0 amide bonds. The number of ether oxygens (including phenoxy) is 1. The van der Waals surface area contributed by atoms with Gasteiger partial charge in [0.15, 0.2) is 0 Å². The van der Waals surface area contributed by atoms with Crippen molar-refractivity contribution in [2.45, 2.75) is 38.0 Å². The van der Waals surface area contributed by atoms with Crippen LogP contribution in [0.15, 0.2) is 0 Å². The molecule has 0 atom stereocenters. The van der Waals surface area contributed by atoms with Gasteiger partial charge in [0.25, 0.3) is 0 Å². The van der Waals surface area contributed by atoms with Crippen LogP contribution in [-0.2, 0) is 17.2 Å². The molecule has 1 aromatic heterocycles. The smallest absolute Gasteiger partial charge is 0.339 e. The van der Waals surface area contributed by atoms with E-state index in [1.165, 1.54) is 7.11 Å². The van der Waals surface area contributed by atoms with Crippen LogP contribution < -0.4 is 5.73 Å². The lowest BCUT2D eigenvalue weighted by molar-refractivity contribution is -0.124. The number of halogens is 2. The standard InChI is InChI=1S/C14H20F2N2O2/c1-8-10(12(19)20-4)11(9(2)18(8)3)13(7-17)5-14(15,16)6-13/h5-7,17H2,1-4H3. The molecule has 4 nitrogen and oxygen atoms in total. The molecule has 2 N–H and O–H groups in total. The van der Waals surface area contributed by atoms with Gasteiger partial charge in [-0.2, -0.15) is 0 Å². The van der Waals surface area contributed by atoms with Crippen molar-refractivity contribution in [1.29, 1.82) is 0 Å². The van der Waals surface area contributed by atoms with Crippen LogP contribution in [0.2, 0.25) is 0 Å². The normalized spacial score (nSPS) is 19.6. The fourth-order valence-electron chi connectivity index (χ4n) is 3.31. The summed E-state index contributed by atoms with van der Waals surface area (Å²) < 4.78 is 33.4. The van der Waals surface area contributed by atoms with Crippen molar-refractivity contribution in [2.24, 2.45) is 12.8 Å². The van der Waals surface area contributed by atoms with Gasteiger partial charge in [0.05, 0.1) is 12.7 Å². The van der Waals surface area contributed by atoms with Gasteiger partial charge in [-0.25, -0.2) is 13.6 Å². The SMILES string of the molecule is COC(=O)c1c(C2(CN)CC(F)(F)C2)c(C)n(C)c1C. The van der Waals surface area contributed by atoms with Crippen molar-refractivity contribution in [3.63, 3.8) is 0 Å². The Morgan fingerprint density at radius 3 is 2.30 bits per heavy atom. The van der Waals surface area contributed by atoms with Crippen LogP contribution in [0.5, 0.6) is 0 Å². The molecule has 1 saturated carbocycles. The highest BCUT2D eigenvalue weighted by Crippen LogP contribution is 2.55. The van der Waals surface area contributed by atoms with Gasteiger partial charge < -0.3 is 15.0 Å². The third-order valence-corrected chi connectivity index (χ3v) is 4.48. The minimum atomic E-state index is -2.71. The average molecular weight is 286 g/mol. The molecular formula is C14H20F2N2O2. The highest BCUT2D eigenvalue weighted by molar-refractivity contribution is 5.93. The molecule has 0 aromatic carbocycles. The van der Waals surface area contributed by atoms with Gasteiger partial charge in [-0.3, -0.25) is 0 Å². The van der Waals surface area contributed by atoms with E-state index >= 15 is 0 Å². The third-order valence-electron chi connectivity index (χ3n) is 4.48. The number of carbonyl (C=O) groups excluding carboxylic acids is 1. The Balaban J connectivity index is 2.62. The highest BCUT2D eigenvalue weighted by atomic mass is 19.3. The zero-order valence-electron chi connectivity index (χ0n) is 12.2. The van der Waals surface area contributed by atoms with Gasteiger partial charge >= 0.3 is 5.97 Å². The maximum atomic E-state index is 13.4. The Bertz CT molecular complexity index is 556. The first-order chi connectivity index (χ1) is 9.19. The molecule has 0 saturated heterocycles. The van der Waals surface area contributed by atoms with Gasteiger partial charge in [0.2, 0.25) is 5.92 Å². The van der Waals surface area contributed by atoms with Gasteiger partial charge in [-0.15, -0.1) is 0 Å². The molecule has 0 unspecified atom stereocenters. The van der Waals surface area contributed by atoms with Crippen molar-refractivity contribution in [1.82, 2.24) is 4.57 Å². The van der Waals surface area contributed by atoms with Gasteiger partial charge in [0, 0.05) is 43.2 Å². The molecule has 1 aliphatic rings. The van der Waals surface area contributed by atoms with E-state index in [2.05, 4.69) is 0 Å². The van der Waals surface area contributed by atoms with Crippen molar-refractivity contribution >= 4 is 5.97 Å². The predicted octanol–water partition coefficient (Wildman–Crippen LogP) is 2.05. The zero-order valence-corrected chi connectivity index (χ0v) is 12.2. The number of hydrogen-bond acceptors (Lipinski definition) is 3. The van der Waals surface area contributed by atoms with Crippen LogP contribution in [0, 0.1) is 13.8 Å². The Morgan fingerprint density at radius 2 is 1.90 bits per heavy atom. The topological polar surface area (TPSA) is 57.2 Å². The number of esters is 1. The molecule has 1 heterocycles. The number of methoxy groups -OCH3 is 1. The first kappa shape index (κ1) is 15.0. The lowest BCUT2D eigenvalue weighted by atomic mass is 9.61. The number of hydrogen-bond donors (Lipinski definition) is 1. The van der Waals surface area contributed by atoms with E-state index in [0.29, 0.717) is 16.8 Å². The van der Waals surface area contributed by atoms with Gasteiger partial charge in [-0.1, -0.05) is 0 Å². The summed E-state index contributed by atoms with van der Waals surface area (Å²) in [7, 11) is 3.10. The molecule has 0 aliphatic heterocycles. The fraction of sp³-hybridized carbons (Fsp3) is 0.643. The van der Waals surface area contributed by atoms with Crippen molar-refractivity contribution in [3.05, 3.63) is 22.5 Å². The predicted molar refractivity (Wildman–Crippen MR) is 71.1 cm³/mol. The number of aromatic nitrogens is 1. The lowest BCUT2D eigenvalue weighted by Gasteiger charge is -2.47. The second-order valence-electron chi connectivity index (χ2n) is 5.67. The van der Waals surface area contributed by atoms with Crippen LogP contribution in [0.3, 0.4) is 0 Å². The van der Waals surface area contributed by atoms with Crippen LogP contribution in [-0.4, -0.2) is 30.1 Å². The zero-order chi connectivity index (χ0) is 15.3. The van der Waals surface area contributed by atoms with Crippen molar-refractivity contribution in [2.75, 3.05) is 13.7 Å². The molecule has 1 fully saturated rings. The molecule has 0 spiro atoms. The number of carbonyl (C=O) groups is 1. The van der Waals surface area contributed by atoms with Crippen molar-refractivity contribution < 1.29 is 18.3 Å². The molecule has 1 aromatic rings. The summed E-state index contributed by atoms with van der Waals surface area (Å²) in [5, 5.41) is 0. The fourth-order valence-corrected chi connectivity index (χ4v) is 3.31. The summed E-state index contributed by atoms with van der Waals surface area (Å²) in [6.45, 7) is 3.70. The molecule has 2 rings (SSSR count). The minimum Gasteiger partial charge on any atom is -0.465 e. The molecular weight excluding hydrogens is 266 g/mol. The average Bonchev–Trinajstić information content (AvgIpc) is 2.59. The number of nitrogens with two attached hydrogens (primary N) is 1. The quantitative estimate of drug-likeness (QED) is 0.865. The summed E-state index contributed by atoms with van der Waals surface area (Å²) in [5.41, 5.74) is 7.45. The van der Waals surface area contributed by atoms with Crippen LogP contribution in [0.4, 0.5) is 8.78 Å².